The first-order valence-corrected chi connectivity index (χ1v) is 9.52. The number of nitrogens with one attached hydrogen (secondary N) is 3. The van der Waals surface area contributed by atoms with Gasteiger partial charge >= 0.3 is 0 Å². The monoisotopic (exact) mass is 410 g/mol. The number of H-pyrrole nitrogens is 3. The number of aromatic amines is 3. The van der Waals surface area contributed by atoms with Crippen LogP contribution in [0.1, 0.15) is 37.7 Å². The minimum Gasteiger partial charge on any atom is -0.497 e. The molecular formula is C22H26N4O4. The predicted octanol–water partition coefficient (Wildman–Crippen LogP) is 0.953. The highest BCUT2D eigenvalue weighted by molar-refractivity contribution is 5.48. The molecule has 0 atom stereocenters. The Hall–Kier alpha value is -3.55. The van der Waals surface area contributed by atoms with Gasteiger partial charge in [-0.2, -0.15) is 0 Å². The van der Waals surface area contributed by atoms with Crippen LogP contribution in [0.3, 0.4) is 0 Å². The second-order valence-corrected chi connectivity index (χ2v) is 7.88. The van der Waals surface area contributed by atoms with E-state index in [0.717, 1.165) is 11.3 Å². The van der Waals surface area contributed by atoms with Crippen LogP contribution in [-0.4, -0.2) is 34.2 Å². The van der Waals surface area contributed by atoms with Crippen LogP contribution in [0.4, 0.5) is 0 Å². The van der Waals surface area contributed by atoms with Gasteiger partial charge in [0, 0.05) is 17.2 Å². The molecule has 8 heteroatoms. The van der Waals surface area contributed by atoms with Crippen molar-refractivity contribution in [3.05, 3.63) is 72.9 Å². The number of aromatic nitrogens is 4. The second kappa shape index (κ2) is 8.44. The molecule has 158 valence electrons. The number of hydrogen-bond donors (Lipinski definition) is 3. The number of benzene rings is 1. The van der Waals surface area contributed by atoms with Gasteiger partial charge in [0.25, 0.3) is 11.1 Å². The Morgan fingerprint density at radius 1 is 1.03 bits per heavy atom. The lowest BCUT2D eigenvalue weighted by molar-refractivity contribution is 0.392. The first-order chi connectivity index (χ1) is 14.2. The van der Waals surface area contributed by atoms with E-state index in [4.69, 9.17) is 9.47 Å². The van der Waals surface area contributed by atoms with Crippen molar-refractivity contribution in [2.24, 2.45) is 0 Å². The fraction of sp³-hybridized carbons (Fsp3) is 0.318. The molecule has 0 aliphatic carbocycles. The summed E-state index contributed by atoms with van der Waals surface area (Å²) in [4.78, 5) is 37.7. The van der Waals surface area contributed by atoms with E-state index in [0.29, 0.717) is 23.6 Å². The fourth-order valence-corrected chi connectivity index (χ4v) is 3.12. The van der Waals surface area contributed by atoms with Gasteiger partial charge in [-0.05, 0) is 24.1 Å². The molecule has 0 saturated carbocycles. The molecule has 2 aromatic heterocycles. The summed E-state index contributed by atoms with van der Waals surface area (Å²) in [6, 6.07) is 5.44. The quantitative estimate of drug-likeness (QED) is 0.580. The molecule has 0 radical (unpaired) electrons. The van der Waals surface area contributed by atoms with Crippen LogP contribution in [0.15, 0.2) is 34.1 Å². The molecule has 0 saturated heterocycles. The summed E-state index contributed by atoms with van der Waals surface area (Å²) in [6.07, 6.45) is 5.21. The van der Waals surface area contributed by atoms with Gasteiger partial charge in [-0.15, -0.1) is 0 Å². The molecular weight excluding hydrogens is 384 g/mol. The van der Waals surface area contributed by atoms with Crippen LogP contribution in [0.2, 0.25) is 0 Å². The number of nitrogens with zero attached hydrogens (tertiary/aromatic N) is 1. The zero-order valence-corrected chi connectivity index (χ0v) is 17.8. The summed E-state index contributed by atoms with van der Waals surface area (Å²) < 4.78 is 10.6. The van der Waals surface area contributed by atoms with E-state index in [1.165, 1.54) is 0 Å². The van der Waals surface area contributed by atoms with E-state index in [9.17, 15) is 9.59 Å². The molecule has 3 aromatic rings. The molecule has 0 amide bonds. The predicted molar refractivity (Wildman–Crippen MR) is 116 cm³/mol. The third-order valence-corrected chi connectivity index (χ3v) is 4.71. The minimum absolute atomic E-state index is 0.150. The van der Waals surface area contributed by atoms with E-state index >= 15 is 0 Å². The van der Waals surface area contributed by atoms with Gasteiger partial charge in [0.2, 0.25) is 0 Å². The summed E-state index contributed by atoms with van der Waals surface area (Å²) in [5.74, 6) is 1.32. The van der Waals surface area contributed by atoms with Crippen LogP contribution < -0.4 is 31.3 Å². The number of methoxy groups -OCH3 is 2. The van der Waals surface area contributed by atoms with Crippen LogP contribution in [0.25, 0.3) is 12.2 Å². The van der Waals surface area contributed by atoms with Gasteiger partial charge in [0.1, 0.15) is 22.2 Å². The van der Waals surface area contributed by atoms with Crippen LogP contribution in [0.5, 0.6) is 11.5 Å². The van der Waals surface area contributed by atoms with E-state index < -0.39 is 5.56 Å². The van der Waals surface area contributed by atoms with E-state index in [1.54, 1.807) is 38.8 Å². The number of rotatable bonds is 5. The zero-order chi connectivity index (χ0) is 21.9. The van der Waals surface area contributed by atoms with E-state index in [2.05, 4.69) is 19.9 Å². The molecule has 0 fully saturated rings. The molecule has 3 rings (SSSR count). The van der Waals surface area contributed by atoms with Crippen molar-refractivity contribution < 1.29 is 9.47 Å². The van der Waals surface area contributed by atoms with Gasteiger partial charge in [0.15, 0.2) is 0 Å². The summed E-state index contributed by atoms with van der Waals surface area (Å²) in [7, 11) is 3.15. The fourth-order valence-electron chi connectivity index (χ4n) is 3.12. The SMILES string of the molecule is COc1ccc(CC=c2[nH]c(=O)/c(=C/c3nc[nH]c3C(C)(C)C)[nH]c2=O)c(OC)c1. The Balaban J connectivity index is 1.99. The summed E-state index contributed by atoms with van der Waals surface area (Å²) >= 11 is 0. The lowest BCUT2D eigenvalue weighted by Crippen LogP contribution is -2.46. The molecule has 2 heterocycles. The van der Waals surface area contributed by atoms with Gasteiger partial charge < -0.3 is 24.4 Å². The number of imidazole rings is 1. The Morgan fingerprint density at radius 3 is 2.40 bits per heavy atom. The maximum atomic E-state index is 12.5. The summed E-state index contributed by atoms with van der Waals surface area (Å²) in [6.45, 7) is 6.11. The maximum Gasteiger partial charge on any atom is 0.272 e. The van der Waals surface area contributed by atoms with Crippen LogP contribution >= 0.6 is 0 Å². The van der Waals surface area contributed by atoms with Gasteiger partial charge in [0.05, 0.1) is 26.2 Å². The third-order valence-electron chi connectivity index (χ3n) is 4.71. The molecule has 30 heavy (non-hydrogen) atoms. The lowest BCUT2D eigenvalue weighted by atomic mass is 9.90. The smallest absolute Gasteiger partial charge is 0.272 e. The third kappa shape index (κ3) is 4.53. The van der Waals surface area contributed by atoms with Gasteiger partial charge in [-0.3, -0.25) is 9.59 Å². The Labute approximate surface area is 173 Å². The van der Waals surface area contributed by atoms with Crippen LogP contribution in [0, 0.1) is 0 Å². The Morgan fingerprint density at radius 2 is 1.73 bits per heavy atom. The summed E-state index contributed by atoms with van der Waals surface area (Å²) in [5, 5.41) is 0.338. The largest absolute Gasteiger partial charge is 0.497 e. The topological polar surface area (TPSA) is 113 Å². The van der Waals surface area contributed by atoms with Gasteiger partial charge in [-0.1, -0.05) is 32.9 Å². The van der Waals surface area contributed by atoms with Crippen molar-refractivity contribution in [2.75, 3.05) is 14.2 Å². The van der Waals surface area contributed by atoms with E-state index in [1.807, 2.05) is 32.9 Å². The molecule has 3 N–H and O–H groups in total. The number of hydrogen-bond acceptors (Lipinski definition) is 5. The number of ether oxygens (including phenoxy) is 2. The standard InChI is InChI=1S/C22H26N4O4/c1-22(2,3)19-16(23-12-24-19)11-17-21(28)25-15(20(27)26-17)9-7-13-6-8-14(29-4)10-18(13)30-5/h6,8-12H,7H2,1-5H3,(H,23,24)(H,25,28)(H,26,27)/b15-9?,17-11-. The van der Waals surface area contributed by atoms with Crippen molar-refractivity contribution >= 4 is 12.2 Å². The average molecular weight is 410 g/mol. The molecule has 0 aliphatic heterocycles. The maximum absolute atomic E-state index is 12.5. The van der Waals surface area contributed by atoms with Crippen molar-refractivity contribution in [3.8, 4) is 11.5 Å². The first kappa shape index (κ1) is 21.2. The van der Waals surface area contributed by atoms with Crippen molar-refractivity contribution in [1.29, 1.82) is 0 Å². The second-order valence-electron chi connectivity index (χ2n) is 7.88. The highest BCUT2D eigenvalue weighted by atomic mass is 16.5. The Kier molecular flexibility index (Phi) is 5.96. The normalized spacial score (nSPS) is 13.0. The molecule has 8 nitrogen and oxygen atoms in total. The minimum atomic E-state index is -0.398. The van der Waals surface area contributed by atoms with E-state index in [-0.39, 0.29) is 21.7 Å². The molecule has 0 bridgehead atoms. The van der Waals surface area contributed by atoms with Crippen LogP contribution in [-0.2, 0) is 11.8 Å². The molecule has 0 aliphatic rings. The van der Waals surface area contributed by atoms with Crippen molar-refractivity contribution in [1.82, 2.24) is 19.9 Å². The first-order valence-electron chi connectivity index (χ1n) is 9.52. The highest BCUT2D eigenvalue weighted by Crippen LogP contribution is 2.25. The van der Waals surface area contributed by atoms with Crippen molar-refractivity contribution in [2.45, 2.75) is 32.6 Å². The highest BCUT2D eigenvalue weighted by Gasteiger charge is 2.19. The molecule has 1 aromatic carbocycles. The Bertz CT molecular complexity index is 1280. The summed E-state index contributed by atoms with van der Waals surface area (Å²) in [5.41, 5.74) is 1.39. The molecule has 0 spiro atoms. The lowest BCUT2D eigenvalue weighted by Gasteiger charge is -2.16. The van der Waals surface area contributed by atoms with Crippen molar-refractivity contribution in [3.63, 3.8) is 0 Å². The molecule has 0 unspecified atom stereocenters. The zero-order valence-electron chi connectivity index (χ0n) is 17.8. The van der Waals surface area contributed by atoms with Gasteiger partial charge in [-0.25, -0.2) is 4.98 Å². The average Bonchev–Trinajstić information content (AvgIpc) is 3.18.